The van der Waals surface area contributed by atoms with E-state index in [1.165, 1.54) is 6.07 Å². The molecule has 0 bridgehead atoms. The minimum atomic E-state index is -4.22. The van der Waals surface area contributed by atoms with Crippen LogP contribution in [0.1, 0.15) is 51.6 Å². The van der Waals surface area contributed by atoms with Gasteiger partial charge in [0.15, 0.2) is 0 Å². The summed E-state index contributed by atoms with van der Waals surface area (Å²) in [5.74, 6) is -0.160. The number of anilines is 1. The Kier molecular flexibility index (Phi) is 8.48. The fraction of sp³-hybridized carbons (Fsp3) is 0.500. The fourth-order valence-corrected chi connectivity index (χ4v) is 5.20. The van der Waals surface area contributed by atoms with E-state index in [0.29, 0.717) is 37.0 Å². The third-order valence-corrected chi connectivity index (χ3v) is 7.31. The Bertz CT molecular complexity index is 1040. The van der Waals surface area contributed by atoms with Gasteiger partial charge in [0, 0.05) is 26.8 Å². The second-order valence-corrected chi connectivity index (χ2v) is 9.91. The summed E-state index contributed by atoms with van der Waals surface area (Å²) >= 11 is 0. The van der Waals surface area contributed by atoms with Crippen molar-refractivity contribution in [2.75, 3.05) is 25.5 Å². The van der Waals surface area contributed by atoms with Crippen molar-refractivity contribution >= 4 is 34.1 Å². The first-order valence-corrected chi connectivity index (χ1v) is 12.3. The molecule has 10 nitrogen and oxygen atoms in total. The molecule has 1 aromatic rings. The van der Waals surface area contributed by atoms with E-state index in [1.54, 1.807) is 37.3 Å². The highest BCUT2D eigenvalue weighted by Crippen LogP contribution is 2.43. The number of nitrogens with zero attached hydrogens (tertiary/aromatic N) is 1. The van der Waals surface area contributed by atoms with Crippen molar-refractivity contribution in [3.8, 4) is 0 Å². The summed E-state index contributed by atoms with van der Waals surface area (Å²) in [5.41, 5.74) is 0.902. The number of benzene rings is 1. The Morgan fingerprint density at radius 1 is 1.27 bits per heavy atom. The van der Waals surface area contributed by atoms with Crippen LogP contribution in [0.5, 0.6) is 0 Å². The minimum Gasteiger partial charge on any atom is -0.377 e. The van der Waals surface area contributed by atoms with Gasteiger partial charge in [0.2, 0.25) is 12.3 Å². The fourth-order valence-electron chi connectivity index (χ4n) is 3.95. The monoisotopic (exact) mass is 479 g/mol. The van der Waals surface area contributed by atoms with Crippen LogP contribution in [0.25, 0.3) is 0 Å². The van der Waals surface area contributed by atoms with Crippen LogP contribution in [0.2, 0.25) is 0 Å². The molecule has 1 aromatic carbocycles. The molecule has 0 radical (unpaired) electrons. The van der Waals surface area contributed by atoms with E-state index in [0.717, 1.165) is 5.57 Å². The molecule has 0 fully saturated rings. The minimum absolute atomic E-state index is 0.108. The van der Waals surface area contributed by atoms with Gasteiger partial charge < -0.3 is 20.9 Å². The molecule has 2 unspecified atom stereocenters. The second kappa shape index (κ2) is 10.7. The van der Waals surface area contributed by atoms with Gasteiger partial charge in [-0.15, -0.1) is 0 Å². The SMILES string of the molecule is CCCNC(=O)NS(=O)(=O)c1cc(C(CC2(CC)C(=O)NC=C2C)NC=O)ccc1N(C)C. The van der Waals surface area contributed by atoms with Gasteiger partial charge in [-0.1, -0.05) is 19.9 Å². The van der Waals surface area contributed by atoms with Crippen LogP contribution in [-0.2, 0) is 19.6 Å². The lowest BCUT2D eigenvalue weighted by atomic mass is 9.73. The lowest BCUT2D eigenvalue weighted by molar-refractivity contribution is -0.128. The van der Waals surface area contributed by atoms with Crippen molar-refractivity contribution in [1.82, 2.24) is 20.7 Å². The molecule has 4 N–H and O–H groups in total. The van der Waals surface area contributed by atoms with E-state index < -0.39 is 27.5 Å². The van der Waals surface area contributed by atoms with E-state index >= 15 is 0 Å². The van der Waals surface area contributed by atoms with E-state index in [4.69, 9.17) is 0 Å². The maximum absolute atomic E-state index is 13.1. The van der Waals surface area contributed by atoms with Gasteiger partial charge in [-0.3, -0.25) is 9.59 Å². The van der Waals surface area contributed by atoms with Gasteiger partial charge in [0.05, 0.1) is 17.1 Å². The van der Waals surface area contributed by atoms with Crippen LogP contribution in [-0.4, -0.2) is 47.4 Å². The number of amides is 4. The molecule has 4 amide bonds. The Morgan fingerprint density at radius 3 is 2.48 bits per heavy atom. The van der Waals surface area contributed by atoms with Crippen LogP contribution in [0.3, 0.4) is 0 Å². The average molecular weight is 480 g/mol. The Labute approximate surface area is 195 Å². The number of rotatable bonds is 11. The van der Waals surface area contributed by atoms with Gasteiger partial charge in [0.25, 0.3) is 10.0 Å². The number of carbonyl (C=O) groups is 3. The van der Waals surface area contributed by atoms with Crippen LogP contribution >= 0.6 is 0 Å². The van der Waals surface area contributed by atoms with E-state index in [-0.39, 0.29) is 17.2 Å². The third kappa shape index (κ3) is 5.65. The molecule has 0 saturated heterocycles. The molecular weight excluding hydrogens is 446 g/mol. The summed E-state index contributed by atoms with van der Waals surface area (Å²) < 4.78 is 28.2. The quantitative estimate of drug-likeness (QED) is 0.357. The van der Waals surface area contributed by atoms with Crippen LogP contribution in [0.4, 0.5) is 10.5 Å². The molecule has 33 heavy (non-hydrogen) atoms. The number of nitrogens with one attached hydrogen (secondary N) is 4. The highest BCUT2D eigenvalue weighted by Gasteiger charge is 2.44. The second-order valence-electron chi connectivity index (χ2n) is 8.26. The van der Waals surface area contributed by atoms with Crippen LogP contribution in [0, 0.1) is 5.41 Å². The van der Waals surface area contributed by atoms with E-state index in [1.807, 2.05) is 25.5 Å². The predicted octanol–water partition coefficient (Wildman–Crippen LogP) is 1.76. The zero-order chi connectivity index (χ0) is 24.8. The number of carbonyl (C=O) groups excluding carboxylic acids is 3. The van der Waals surface area contributed by atoms with Crippen molar-refractivity contribution in [3.63, 3.8) is 0 Å². The van der Waals surface area contributed by atoms with E-state index in [2.05, 4.69) is 16.0 Å². The van der Waals surface area contributed by atoms with Crippen molar-refractivity contribution in [2.24, 2.45) is 5.41 Å². The zero-order valence-corrected chi connectivity index (χ0v) is 20.5. The zero-order valence-electron chi connectivity index (χ0n) is 19.7. The van der Waals surface area contributed by atoms with Gasteiger partial charge in [-0.2, -0.15) is 0 Å². The highest BCUT2D eigenvalue weighted by molar-refractivity contribution is 7.90. The third-order valence-electron chi connectivity index (χ3n) is 5.95. The standard InChI is InChI=1S/C22H33N5O5S/c1-6-10-23-21(30)26-33(31,32)19-11-16(8-9-18(19)27(4)5)17(25-14-28)12-22(7-2)15(3)13-24-20(22)29/h8-9,11,13-14,17H,6-7,10,12H2,1-5H3,(H,24,29)(H,25,28)(H2,23,26,30). The summed E-state index contributed by atoms with van der Waals surface area (Å²) in [7, 11) is -0.837. The molecule has 0 spiro atoms. The largest absolute Gasteiger partial charge is 0.377 e. The van der Waals surface area contributed by atoms with Gasteiger partial charge >= 0.3 is 6.03 Å². The van der Waals surface area contributed by atoms with Crippen molar-refractivity contribution in [1.29, 1.82) is 0 Å². The molecule has 0 saturated carbocycles. The summed E-state index contributed by atoms with van der Waals surface area (Å²) in [6.45, 7) is 5.93. The topological polar surface area (TPSA) is 137 Å². The molecule has 11 heteroatoms. The summed E-state index contributed by atoms with van der Waals surface area (Å²) in [5, 5.41) is 7.94. The Hall–Kier alpha value is -3.08. The highest BCUT2D eigenvalue weighted by atomic mass is 32.2. The molecule has 182 valence electrons. The Balaban J connectivity index is 2.50. The summed E-state index contributed by atoms with van der Waals surface area (Å²) in [4.78, 5) is 37.6. The van der Waals surface area contributed by atoms with Crippen LogP contribution in [0.15, 0.2) is 34.9 Å². The van der Waals surface area contributed by atoms with Crippen LogP contribution < -0.4 is 25.6 Å². The Morgan fingerprint density at radius 2 is 1.97 bits per heavy atom. The van der Waals surface area contributed by atoms with Gasteiger partial charge in [-0.05, 0) is 49.5 Å². The van der Waals surface area contributed by atoms with Gasteiger partial charge in [0.1, 0.15) is 4.90 Å². The molecule has 2 rings (SSSR count). The van der Waals surface area contributed by atoms with E-state index in [9.17, 15) is 22.8 Å². The summed E-state index contributed by atoms with van der Waals surface area (Å²) in [6, 6.07) is 3.31. The van der Waals surface area contributed by atoms with Gasteiger partial charge in [-0.25, -0.2) is 17.9 Å². The van der Waals surface area contributed by atoms with Crippen molar-refractivity contribution < 1.29 is 22.8 Å². The smallest absolute Gasteiger partial charge is 0.328 e. The first kappa shape index (κ1) is 26.2. The first-order valence-electron chi connectivity index (χ1n) is 10.8. The molecular formula is C22H33N5O5S. The number of hydrogen-bond acceptors (Lipinski definition) is 6. The number of hydrogen-bond donors (Lipinski definition) is 4. The lowest BCUT2D eigenvalue weighted by Gasteiger charge is -2.32. The normalized spacial score (nSPS) is 18.7. The number of sulfonamides is 1. The molecule has 1 aliphatic heterocycles. The first-order chi connectivity index (χ1) is 15.5. The molecule has 1 heterocycles. The molecule has 1 aliphatic rings. The maximum atomic E-state index is 13.1. The number of urea groups is 1. The average Bonchev–Trinajstić information content (AvgIpc) is 3.05. The van der Waals surface area contributed by atoms with Crippen molar-refractivity contribution in [2.45, 2.75) is 51.0 Å². The predicted molar refractivity (Wildman–Crippen MR) is 126 cm³/mol. The van der Waals surface area contributed by atoms with Crippen molar-refractivity contribution in [3.05, 3.63) is 35.5 Å². The molecule has 0 aliphatic carbocycles. The molecule has 0 aromatic heterocycles. The summed E-state index contributed by atoms with van der Waals surface area (Å²) in [6.07, 6.45) is 3.61. The lowest BCUT2D eigenvalue weighted by Crippen LogP contribution is -2.40. The molecule has 2 atom stereocenters. The maximum Gasteiger partial charge on any atom is 0.328 e.